The zero-order valence-corrected chi connectivity index (χ0v) is 12.1. The van der Waals surface area contributed by atoms with Crippen LogP contribution in [0.1, 0.15) is 26.3 Å². The zero-order valence-electron chi connectivity index (χ0n) is 11.2. The molecular formula is C14H23NOS. The zero-order chi connectivity index (χ0) is 12.7. The highest BCUT2D eigenvalue weighted by molar-refractivity contribution is 7.98. The van der Waals surface area contributed by atoms with Crippen LogP contribution >= 0.6 is 11.8 Å². The van der Waals surface area contributed by atoms with Crippen LogP contribution in [0.3, 0.4) is 0 Å². The first-order valence-electron chi connectivity index (χ1n) is 5.97. The first kappa shape index (κ1) is 14.4. The van der Waals surface area contributed by atoms with Gasteiger partial charge in [-0.1, -0.05) is 12.1 Å². The molecule has 1 aromatic carbocycles. The van der Waals surface area contributed by atoms with E-state index in [0.717, 1.165) is 24.7 Å². The van der Waals surface area contributed by atoms with Gasteiger partial charge in [-0.3, -0.25) is 0 Å². The predicted molar refractivity (Wildman–Crippen MR) is 76.9 cm³/mol. The van der Waals surface area contributed by atoms with Gasteiger partial charge in [-0.15, -0.1) is 0 Å². The van der Waals surface area contributed by atoms with Crippen LogP contribution in [0.4, 0.5) is 0 Å². The fourth-order valence-corrected chi connectivity index (χ4v) is 1.61. The monoisotopic (exact) mass is 253 g/mol. The summed E-state index contributed by atoms with van der Waals surface area (Å²) in [7, 11) is 0. The van der Waals surface area contributed by atoms with Gasteiger partial charge in [0.2, 0.25) is 0 Å². The lowest BCUT2D eigenvalue weighted by atomic mass is 10.1. The molecule has 1 rings (SSSR count). The minimum Gasteiger partial charge on any atom is -0.493 e. The average molecular weight is 253 g/mol. The lowest BCUT2D eigenvalue weighted by Gasteiger charge is -2.20. The van der Waals surface area contributed by atoms with Crippen LogP contribution in [0.25, 0.3) is 0 Å². The molecule has 0 bridgehead atoms. The van der Waals surface area contributed by atoms with E-state index in [1.165, 1.54) is 5.56 Å². The minimum atomic E-state index is 0.149. The normalized spacial score (nSPS) is 11.5. The summed E-state index contributed by atoms with van der Waals surface area (Å²) in [5.41, 5.74) is 1.41. The Morgan fingerprint density at radius 3 is 2.71 bits per heavy atom. The summed E-state index contributed by atoms with van der Waals surface area (Å²) in [5.74, 6) is 2.00. The molecule has 0 fully saturated rings. The average Bonchev–Trinajstić information content (AvgIpc) is 2.27. The third-order valence-electron chi connectivity index (χ3n) is 2.28. The van der Waals surface area contributed by atoms with Crippen molar-refractivity contribution in [3.05, 3.63) is 29.8 Å². The van der Waals surface area contributed by atoms with Crippen molar-refractivity contribution in [1.82, 2.24) is 5.32 Å². The van der Waals surface area contributed by atoms with Crippen LogP contribution in [0.5, 0.6) is 5.75 Å². The van der Waals surface area contributed by atoms with E-state index in [0.29, 0.717) is 0 Å². The summed E-state index contributed by atoms with van der Waals surface area (Å²) < 4.78 is 5.67. The second-order valence-electron chi connectivity index (χ2n) is 5.09. The van der Waals surface area contributed by atoms with Crippen molar-refractivity contribution >= 4 is 11.8 Å². The number of ether oxygens (including phenoxy) is 1. The molecule has 0 amide bonds. The number of hydrogen-bond donors (Lipinski definition) is 1. The number of thioether (sulfide) groups is 1. The quantitative estimate of drug-likeness (QED) is 0.786. The highest BCUT2D eigenvalue weighted by atomic mass is 32.2. The number of nitrogens with one attached hydrogen (secondary N) is 1. The van der Waals surface area contributed by atoms with E-state index in [1.54, 1.807) is 11.8 Å². The van der Waals surface area contributed by atoms with Crippen molar-refractivity contribution in [2.24, 2.45) is 0 Å². The molecule has 1 aromatic rings. The van der Waals surface area contributed by atoms with Gasteiger partial charge in [-0.25, -0.2) is 0 Å². The Labute approximate surface area is 109 Å². The molecular weight excluding hydrogens is 230 g/mol. The molecule has 0 aliphatic rings. The molecule has 0 heterocycles. The Morgan fingerprint density at radius 2 is 2.06 bits per heavy atom. The van der Waals surface area contributed by atoms with Gasteiger partial charge in [0, 0.05) is 17.8 Å². The lowest BCUT2D eigenvalue weighted by molar-refractivity contribution is 0.343. The van der Waals surface area contributed by atoms with Crippen LogP contribution in [0.15, 0.2) is 24.3 Å². The van der Waals surface area contributed by atoms with E-state index in [2.05, 4.69) is 44.5 Å². The Kier molecular flexibility index (Phi) is 5.86. The largest absolute Gasteiger partial charge is 0.493 e. The van der Waals surface area contributed by atoms with Crippen molar-refractivity contribution in [2.75, 3.05) is 18.6 Å². The smallest absolute Gasteiger partial charge is 0.119 e. The van der Waals surface area contributed by atoms with Crippen molar-refractivity contribution < 1.29 is 4.74 Å². The Morgan fingerprint density at radius 1 is 1.29 bits per heavy atom. The van der Waals surface area contributed by atoms with E-state index in [-0.39, 0.29) is 5.54 Å². The molecule has 0 spiro atoms. The van der Waals surface area contributed by atoms with Gasteiger partial charge in [0.15, 0.2) is 0 Å². The van der Waals surface area contributed by atoms with Gasteiger partial charge >= 0.3 is 0 Å². The van der Waals surface area contributed by atoms with E-state index in [4.69, 9.17) is 4.74 Å². The molecule has 1 N–H and O–H groups in total. The molecule has 3 heteroatoms. The van der Waals surface area contributed by atoms with Gasteiger partial charge in [0.25, 0.3) is 0 Å². The van der Waals surface area contributed by atoms with Crippen molar-refractivity contribution in [3.63, 3.8) is 0 Å². The fourth-order valence-electron chi connectivity index (χ4n) is 1.36. The van der Waals surface area contributed by atoms with E-state index in [9.17, 15) is 0 Å². The highest BCUT2D eigenvalue weighted by Gasteiger charge is 2.08. The molecule has 0 saturated heterocycles. The van der Waals surface area contributed by atoms with Gasteiger partial charge in [0.1, 0.15) is 5.75 Å². The van der Waals surface area contributed by atoms with Crippen molar-refractivity contribution in [2.45, 2.75) is 32.9 Å². The fraction of sp³-hybridized carbons (Fsp3) is 0.571. The van der Waals surface area contributed by atoms with Crippen LogP contribution in [-0.4, -0.2) is 24.2 Å². The maximum absolute atomic E-state index is 5.67. The van der Waals surface area contributed by atoms with Gasteiger partial charge < -0.3 is 10.1 Å². The number of hydrogen-bond acceptors (Lipinski definition) is 3. The molecule has 0 radical (unpaired) electrons. The SMILES string of the molecule is CSCCOc1cccc(CNC(C)(C)C)c1. The highest BCUT2D eigenvalue weighted by Crippen LogP contribution is 2.14. The molecule has 0 aliphatic heterocycles. The maximum Gasteiger partial charge on any atom is 0.119 e. The van der Waals surface area contributed by atoms with Crippen LogP contribution in [0.2, 0.25) is 0 Å². The summed E-state index contributed by atoms with van der Waals surface area (Å²) in [4.78, 5) is 0. The van der Waals surface area contributed by atoms with Crippen molar-refractivity contribution in [1.29, 1.82) is 0 Å². The molecule has 0 unspecified atom stereocenters. The lowest BCUT2D eigenvalue weighted by Crippen LogP contribution is -2.35. The van der Waals surface area contributed by atoms with Crippen LogP contribution in [0, 0.1) is 0 Å². The maximum atomic E-state index is 5.67. The van der Waals surface area contributed by atoms with E-state index < -0.39 is 0 Å². The Bertz CT molecular complexity index is 333. The summed E-state index contributed by atoms with van der Waals surface area (Å²) in [5, 5.41) is 3.47. The van der Waals surface area contributed by atoms with E-state index in [1.807, 2.05) is 12.1 Å². The standard InChI is InChI=1S/C14H23NOS/c1-14(2,3)15-11-12-6-5-7-13(10-12)16-8-9-17-4/h5-7,10,15H,8-9,11H2,1-4H3. The second kappa shape index (κ2) is 6.92. The van der Waals surface area contributed by atoms with Crippen molar-refractivity contribution in [3.8, 4) is 5.75 Å². The second-order valence-corrected chi connectivity index (χ2v) is 6.08. The van der Waals surface area contributed by atoms with E-state index >= 15 is 0 Å². The van der Waals surface area contributed by atoms with Gasteiger partial charge in [-0.05, 0) is 44.7 Å². The minimum absolute atomic E-state index is 0.149. The summed E-state index contributed by atoms with van der Waals surface area (Å²) in [6, 6.07) is 8.30. The molecule has 0 atom stereocenters. The molecule has 0 aromatic heterocycles. The van der Waals surface area contributed by atoms with Gasteiger partial charge in [0.05, 0.1) is 6.61 Å². The third-order valence-corrected chi connectivity index (χ3v) is 2.85. The summed E-state index contributed by atoms with van der Waals surface area (Å²) in [6.07, 6.45) is 2.09. The molecule has 2 nitrogen and oxygen atoms in total. The first-order chi connectivity index (χ1) is 8.01. The summed E-state index contributed by atoms with van der Waals surface area (Å²) in [6.45, 7) is 8.17. The Balaban J connectivity index is 2.48. The predicted octanol–water partition coefficient (Wildman–Crippen LogP) is 3.32. The van der Waals surface area contributed by atoms with Crippen LogP contribution in [-0.2, 0) is 6.54 Å². The number of rotatable bonds is 6. The Hall–Kier alpha value is -0.670. The summed E-state index contributed by atoms with van der Waals surface area (Å²) >= 11 is 1.80. The molecule has 96 valence electrons. The number of benzene rings is 1. The molecule has 0 aliphatic carbocycles. The first-order valence-corrected chi connectivity index (χ1v) is 7.36. The van der Waals surface area contributed by atoms with Gasteiger partial charge in [-0.2, -0.15) is 11.8 Å². The van der Waals surface area contributed by atoms with Crippen LogP contribution < -0.4 is 10.1 Å². The molecule has 0 saturated carbocycles. The molecule has 17 heavy (non-hydrogen) atoms. The third kappa shape index (κ3) is 6.59. The topological polar surface area (TPSA) is 21.3 Å².